The Morgan fingerprint density at radius 3 is 2.60 bits per heavy atom. The number of rotatable bonds is 5. The first-order valence-corrected chi connectivity index (χ1v) is 10.8. The average molecular weight is 424 g/mol. The van der Waals surface area contributed by atoms with Crippen molar-refractivity contribution >= 4 is 15.6 Å². The normalized spacial score (nSPS) is 12.6. The highest BCUT2D eigenvalue weighted by Crippen LogP contribution is 2.13. The molecule has 10 heteroatoms. The molecule has 0 aliphatic carbocycles. The van der Waals surface area contributed by atoms with E-state index in [9.17, 15) is 13.8 Å². The van der Waals surface area contributed by atoms with Crippen LogP contribution in [0.3, 0.4) is 0 Å². The van der Waals surface area contributed by atoms with Crippen molar-refractivity contribution in [3.63, 3.8) is 0 Å². The van der Waals surface area contributed by atoms with Crippen LogP contribution in [0.2, 0.25) is 0 Å². The summed E-state index contributed by atoms with van der Waals surface area (Å²) in [6.07, 6.45) is 6.09. The molecule has 2 aromatic heterocycles. The maximum atomic E-state index is 12.6. The third-order valence-corrected chi connectivity index (χ3v) is 6.14. The second kappa shape index (κ2) is 8.34. The summed E-state index contributed by atoms with van der Waals surface area (Å²) in [5.74, 6) is 0.224. The molecule has 1 aromatic carbocycles. The second-order valence-electron chi connectivity index (χ2n) is 6.70. The van der Waals surface area contributed by atoms with Gasteiger partial charge in [0.05, 0.1) is 15.9 Å². The topological polar surface area (TPSA) is 122 Å². The first-order valence-electron chi connectivity index (χ1n) is 8.92. The predicted molar refractivity (Wildman–Crippen MR) is 112 cm³/mol. The molecule has 3 rings (SSSR count). The molecular formula is C20H20N6O3S. The summed E-state index contributed by atoms with van der Waals surface area (Å²) < 4.78 is 19.1. The number of nitrogens with one attached hydrogen (secondary N) is 1. The fraction of sp³-hybridized carbons (Fsp3) is 0.200. The number of carbonyl (C=O) groups is 1. The zero-order valence-corrected chi connectivity index (χ0v) is 17.5. The molecule has 9 nitrogen and oxygen atoms in total. The number of nitrogens with zero attached hydrogens (tertiary/aromatic N) is 5. The van der Waals surface area contributed by atoms with Crippen LogP contribution in [-0.2, 0) is 23.3 Å². The molecule has 0 saturated carbocycles. The van der Waals surface area contributed by atoms with Gasteiger partial charge in [0, 0.05) is 48.8 Å². The number of amides is 1. The number of aryl methyl sites for hydroxylation is 2. The van der Waals surface area contributed by atoms with Gasteiger partial charge in [0.1, 0.15) is 11.4 Å². The first-order chi connectivity index (χ1) is 14.2. The summed E-state index contributed by atoms with van der Waals surface area (Å²) in [5.41, 5.74) is 1.07. The molecule has 0 aliphatic rings. The number of hydrogen-bond acceptors (Lipinski definition) is 6. The van der Waals surface area contributed by atoms with Gasteiger partial charge in [-0.15, -0.1) is 4.36 Å². The number of pyridine rings is 1. The molecular weight excluding hydrogens is 404 g/mol. The van der Waals surface area contributed by atoms with Gasteiger partial charge >= 0.3 is 0 Å². The molecule has 0 fully saturated rings. The largest absolute Gasteiger partial charge is 0.348 e. The van der Waals surface area contributed by atoms with Gasteiger partial charge in [-0.1, -0.05) is 12.1 Å². The second-order valence-corrected chi connectivity index (χ2v) is 8.96. The van der Waals surface area contributed by atoms with E-state index in [1.165, 1.54) is 18.5 Å². The Hall–Kier alpha value is -3.71. The van der Waals surface area contributed by atoms with Gasteiger partial charge in [0.25, 0.3) is 5.91 Å². The van der Waals surface area contributed by atoms with Crippen LogP contribution in [0, 0.1) is 18.4 Å². The van der Waals surface area contributed by atoms with Crippen molar-refractivity contribution in [1.82, 2.24) is 19.7 Å². The van der Waals surface area contributed by atoms with Crippen LogP contribution < -0.4 is 10.7 Å². The molecule has 1 atom stereocenters. The van der Waals surface area contributed by atoms with E-state index < -0.39 is 15.6 Å². The molecule has 30 heavy (non-hydrogen) atoms. The van der Waals surface area contributed by atoms with E-state index in [0.717, 1.165) is 11.4 Å². The molecule has 0 bridgehead atoms. The van der Waals surface area contributed by atoms with Crippen molar-refractivity contribution in [2.24, 2.45) is 11.4 Å². The molecule has 0 aliphatic heterocycles. The van der Waals surface area contributed by atoms with E-state index in [1.807, 2.05) is 0 Å². The molecule has 0 radical (unpaired) electrons. The van der Waals surface area contributed by atoms with E-state index >= 15 is 0 Å². The van der Waals surface area contributed by atoms with Gasteiger partial charge in [-0.2, -0.15) is 10.4 Å². The Kier molecular flexibility index (Phi) is 5.84. The average Bonchev–Trinajstić information content (AvgIpc) is 3.12. The number of benzene rings is 1. The minimum atomic E-state index is -2.77. The maximum Gasteiger partial charge on any atom is 0.257 e. The summed E-state index contributed by atoms with van der Waals surface area (Å²) in [5, 5.41) is 15.5. The lowest BCUT2D eigenvalue weighted by Crippen LogP contribution is -2.29. The minimum absolute atomic E-state index is 0.0165. The Morgan fingerprint density at radius 2 is 2.00 bits per heavy atom. The minimum Gasteiger partial charge on any atom is -0.348 e. The quantitative estimate of drug-likeness (QED) is 0.625. The van der Waals surface area contributed by atoms with Crippen LogP contribution in [-0.4, -0.2) is 30.7 Å². The Bertz CT molecular complexity index is 1320. The van der Waals surface area contributed by atoms with E-state index in [2.05, 4.69) is 14.8 Å². The summed E-state index contributed by atoms with van der Waals surface area (Å²) in [7, 11) is -0.993. The monoisotopic (exact) mass is 424 g/mol. The maximum absolute atomic E-state index is 12.6. The molecule has 3 aromatic rings. The highest BCUT2D eigenvalue weighted by atomic mass is 32.2. The SMILES string of the molecule is Cc1cc(=O)c(C(=O)NCc2ccc([S@@](C)(=O)=NC#N)cc2)cn1-c1ccnn1C. The third kappa shape index (κ3) is 4.31. The van der Waals surface area contributed by atoms with Crippen molar-refractivity contribution < 1.29 is 9.00 Å². The Balaban J connectivity index is 1.80. The number of nitriles is 1. The van der Waals surface area contributed by atoms with Crippen LogP contribution >= 0.6 is 0 Å². The molecule has 0 spiro atoms. The first kappa shape index (κ1) is 21.0. The van der Waals surface area contributed by atoms with Crippen molar-refractivity contribution in [3.05, 3.63) is 75.8 Å². The van der Waals surface area contributed by atoms with Crippen LogP contribution in [0.25, 0.3) is 5.82 Å². The molecule has 0 unspecified atom stereocenters. The van der Waals surface area contributed by atoms with Crippen molar-refractivity contribution in [2.45, 2.75) is 18.4 Å². The zero-order valence-electron chi connectivity index (χ0n) is 16.7. The van der Waals surface area contributed by atoms with Crippen molar-refractivity contribution in [3.8, 4) is 12.0 Å². The predicted octanol–water partition coefficient (Wildman–Crippen LogP) is 1.75. The lowest BCUT2D eigenvalue weighted by Gasteiger charge is -2.13. The smallest absolute Gasteiger partial charge is 0.257 e. The number of hydrogen-bond donors (Lipinski definition) is 1. The van der Waals surface area contributed by atoms with Crippen LogP contribution in [0.4, 0.5) is 0 Å². The number of carbonyl (C=O) groups excluding carboxylic acids is 1. The summed E-state index contributed by atoms with van der Waals surface area (Å²) >= 11 is 0. The van der Waals surface area contributed by atoms with E-state index in [0.29, 0.717) is 10.6 Å². The summed E-state index contributed by atoms with van der Waals surface area (Å²) in [6.45, 7) is 1.96. The van der Waals surface area contributed by atoms with Crippen LogP contribution in [0.15, 0.2) is 62.8 Å². The van der Waals surface area contributed by atoms with Gasteiger partial charge in [-0.05, 0) is 24.6 Å². The van der Waals surface area contributed by atoms with Gasteiger partial charge in [0.2, 0.25) is 6.19 Å². The molecule has 1 N–H and O–H groups in total. The summed E-state index contributed by atoms with van der Waals surface area (Å²) in [4.78, 5) is 25.4. The molecule has 0 saturated heterocycles. The van der Waals surface area contributed by atoms with E-state index in [1.54, 1.807) is 65.9 Å². The summed E-state index contributed by atoms with van der Waals surface area (Å²) in [6, 6.07) is 9.78. The Morgan fingerprint density at radius 1 is 1.30 bits per heavy atom. The molecule has 154 valence electrons. The highest BCUT2D eigenvalue weighted by molar-refractivity contribution is 7.93. The lowest BCUT2D eigenvalue weighted by molar-refractivity contribution is 0.0949. The fourth-order valence-electron chi connectivity index (χ4n) is 2.92. The molecule has 1 amide bonds. The number of aromatic nitrogens is 3. The Labute approximate surface area is 173 Å². The highest BCUT2D eigenvalue weighted by Gasteiger charge is 2.14. The standard InChI is InChI=1S/C20H20N6O3S/c1-14-10-18(27)17(12-26(14)19-8-9-23-25(19)2)20(28)22-11-15-4-6-16(7-5-15)30(3,29)24-13-21/h4-10,12H,11H2,1-3H3,(H,22,28)/t30-/m1/s1. The zero-order chi connectivity index (χ0) is 21.9. The fourth-order valence-corrected chi connectivity index (χ4v) is 3.82. The van der Waals surface area contributed by atoms with Gasteiger partial charge in [-0.25, -0.2) is 4.21 Å². The van der Waals surface area contributed by atoms with Gasteiger partial charge in [0.15, 0.2) is 5.43 Å². The lowest BCUT2D eigenvalue weighted by atomic mass is 10.2. The molecule has 2 heterocycles. The van der Waals surface area contributed by atoms with Gasteiger partial charge < -0.3 is 9.88 Å². The van der Waals surface area contributed by atoms with E-state index in [4.69, 9.17) is 5.26 Å². The van der Waals surface area contributed by atoms with Crippen LogP contribution in [0.1, 0.15) is 21.6 Å². The van der Waals surface area contributed by atoms with E-state index in [-0.39, 0.29) is 17.5 Å². The third-order valence-electron chi connectivity index (χ3n) is 4.56. The van der Waals surface area contributed by atoms with Crippen molar-refractivity contribution in [2.75, 3.05) is 6.26 Å². The van der Waals surface area contributed by atoms with Crippen molar-refractivity contribution in [1.29, 1.82) is 5.26 Å². The van der Waals surface area contributed by atoms with Crippen LogP contribution in [0.5, 0.6) is 0 Å². The van der Waals surface area contributed by atoms with Gasteiger partial charge in [-0.3, -0.25) is 14.3 Å².